The molecule has 1 aromatic rings. The molecular formula is C10H12N2. The minimum atomic E-state index is 0.878. The highest BCUT2D eigenvalue weighted by Gasteiger charge is 2.08. The third-order valence-corrected chi connectivity index (χ3v) is 2.04. The molecule has 2 rings (SSSR count). The van der Waals surface area contributed by atoms with Gasteiger partial charge in [-0.05, 0) is 18.6 Å². The van der Waals surface area contributed by atoms with Crippen molar-refractivity contribution in [3.63, 3.8) is 0 Å². The van der Waals surface area contributed by atoms with Crippen LogP contribution in [-0.4, -0.2) is 0 Å². The summed E-state index contributed by atoms with van der Waals surface area (Å²) in [6, 6.07) is 6.38. The molecule has 0 aliphatic carbocycles. The van der Waals surface area contributed by atoms with E-state index in [2.05, 4.69) is 42.3 Å². The summed E-state index contributed by atoms with van der Waals surface area (Å²) in [5, 5.41) is 6.34. The molecule has 0 amide bonds. The van der Waals surface area contributed by atoms with Crippen LogP contribution < -0.4 is 10.6 Å². The van der Waals surface area contributed by atoms with Crippen molar-refractivity contribution in [3.05, 3.63) is 41.7 Å². The lowest BCUT2D eigenvalue weighted by atomic mass is 10.1. The highest BCUT2D eigenvalue weighted by Crippen LogP contribution is 2.21. The van der Waals surface area contributed by atoms with Crippen LogP contribution in [0.2, 0.25) is 0 Å². The molecule has 1 aromatic carbocycles. The van der Waals surface area contributed by atoms with Crippen LogP contribution in [-0.2, 0) is 6.54 Å². The molecule has 0 atom stereocenters. The lowest BCUT2D eigenvalue weighted by molar-refractivity contribution is 0.795. The van der Waals surface area contributed by atoms with Gasteiger partial charge in [-0.3, -0.25) is 0 Å². The Morgan fingerprint density at radius 1 is 1.42 bits per heavy atom. The average Bonchev–Trinajstić information content (AvgIpc) is 2.05. The first-order valence-corrected chi connectivity index (χ1v) is 4.05. The highest BCUT2D eigenvalue weighted by molar-refractivity contribution is 5.57. The molecule has 0 saturated carbocycles. The van der Waals surface area contributed by atoms with Gasteiger partial charge in [0.25, 0.3) is 0 Å². The fourth-order valence-electron chi connectivity index (χ4n) is 1.40. The van der Waals surface area contributed by atoms with Gasteiger partial charge in [0.2, 0.25) is 0 Å². The summed E-state index contributed by atoms with van der Waals surface area (Å²) >= 11 is 0. The van der Waals surface area contributed by atoms with Crippen LogP contribution in [0.1, 0.15) is 11.1 Å². The Bertz CT molecular complexity index is 329. The smallest absolute Gasteiger partial charge is 0.0959 e. The first-order chi connectivity index (χ1) is 5.75. The Kier molecular flexibility index (Phi) is 1.54. The van der Waals surface area contributed by atoms with Crippen LogP contribution in [0.3, 0.4) is 0 Å². The van der Waals surface area contributed by atoms with Crippen molar-refractivity contribution >= 4 is 5.69 Å². The predicted molar refractivity (Wildman–Crippen MR) is 50.8 cm³/mol. The van der Waals surface area contributed by atoms with Gasteiger partial charge in [0.1, 0.15) is 0 Å². The van der Waals surface area contributed by atoms with Crippen LogP contribution in [0.4, 0.5) is 5.69 Å². The summed E-state index contributed by atoms with van der Waals surface area (Å²) in [5.41, 5.74) is 3.77. The van der Waals surface area contributed by atoms with E-state index in [4.69, 9.17) is 0 Å². The molecule has 0 aromatic heterocycles. The van der Waals surface area contributed by atoms with Gasteiger partial charge in [-0.1, -0.05) is 24.3 Å². The van der Waals surface area contributed by atoms with Crippen molar-refractivity contribution in [3.8, 4) is 0 Å². The van der Waals surface area contributed by atoms with Gasteiger partial charge in [-0.2, -0.15) is 0 Å². The minimum absolute atomic E-state index is 0.878. The van der Waals surface area contributed by atoms with Gasteiger partial charge in [0.05, 0.1) is 5.82 Å². The number of hydrogen-bond acceptors (Lipinski definition) is 2. The second kappa shape index (κ2) is 2.55. The third kappa shape index (κ3) is 1.16. The molecule has 2 N–H and O–H groups in total. The summed E-state index contributed by atoms with van der Waals surface area (Å²) < 4.78 is 0. The van der Waals surface area contributed by atoms with Gasteiger partial charge in [-0.15, -0.1) is 0 Å². The Labute approximate surface area is 72.3 Å². The molecule has 0 saturated heterocycles. The zero-order valence-electron chi connectivity index (χ0n) is 7.15. The Morgan fingerprint density at radius 3 is 3.08 bits per heavy atom. The Hall–Kier alpha value is -1.44. The lowest BCUT2D eigenvalue weighted by Crippen LogP contribution is -2.24. The van der Waals surface area contributed by atoms with E-state index >= 15 is 0 Å². The molecule has 0 unspecified atom stereocenters. The molecule has 0 fully saturated rings. The molecule has 2 nitrogen and oxygen atoms in total. The second-order valence-corrected chi connectivity index (χ2v) is 3.12. The molecule has 0 spiro atoms. The van der Waals surface area contributed by atoms with E-state index in [9.17, 15) is 0 Å². The number of benzene rings is 1. The van der Waals surface area contributed by atoms with E-state index in [-0.39, 0.29) is 0 Å². The van der Waals surface area contributed by atoms with Gasteiger partial charge in [0.15, 0.2) is 0 Å². The zero-order valence-corrected chi connectivity index (χ0v) is 7.15. The van der Waals surface area contributed by atoms with Gasteiger partial charge >= 0.3 is 0 Å². The zero-order chi connectivity index (χ0) is 8.55. The first kappa shape index (κ1) is 7.22. The lowest BCUT2D eigenvalue weighted by Gasteiger charge is -2.21. The third-order valence-electron chi connectivity index (χ3n) is 2.04. The van der Waals surface area contributed by atoms with E-state index in [0.29, 0.717) is 0 Å². The maximum atomic E-state index is 3.81. The molecule has 0 radical (unpaired) electrons. The van der Waals surface area contributed by atoms with Crippen LogP contribution in [0.25, 0.3) is 0 Å². The van der Waals surface area contributed by atoms with Crippen molar-refractivity contribution in [2.75, 3.05) is 5.32 Å². The van der Waals surface area contributed by atoms with Crippen LogP contribution >= 0.6 is 0 Å². The fraction of sp³-hybridized carbons (Fsp3) is 0.200. The molecule has 0 bridgehead atoms. The first-order valence-electron chi connectivity index (χ1n) is 4.05. The fourth-order valence-corrected chi connectivity index (χ4v) is 1.40. The number of aryl methyl sites for hydroxylation is 1. The highest BCUT2D eigenvalue weighted by atomic mass is 15.1. The van der Waals surface area contributed by atoms with Crippen molar-refractivity contribution in [1.82, 2.24) is 5.32 Å². The summed E-state index contributed by atoms with van der Waals surface area (Å²) in [4.78, 5) is 0. The molecule has 2 heteroatoms. The molecule has 12 heavy (non-hydrogen) atoms. The van der Waals surface area contributed by atoms with Crippen molar-refractivity contribution < 1.29 is 0 Å². The van der Waals surface area contributed by atoms with E-state index in [0.717, 1.165) is 12.4 Å². The number of rotatable bonds is 0. The van der Waals surface area contributed by atoms with Crippen LogP contribution in [0, 0.1) is 6.92 Å². The summed E-state index contributed by atoms with van der Waals surface area (Å²) in [7, 11) is 0. The average molecular weight is 160 g/mol. The molecular weight excluding hydrogens is 148 g/mol. The largest absolute Gasteiger partial charge is 0.368 e. The van der Waals surface area contributed by atoms with Crippen LogP contribution in [0.15, 0.2) is 30.6 Å². The summed E-state index contributed by atoms with van der Waals surface area (Å²) in [5.74, 6) is 0.881. The number of nitrogens with one attached hydrogen (secondary N) is 2. The van der Waals surface area contributed by atoms with Gasteiger partial charge in [0, 0.05) is 12.2 Å². The van der Waals surface area contributed by atoms with Gasteiger partial charge in [-0.25, -0.2) is 0 Å². The summed E-state index contributed by atoms with van der Waals surface area (Å²) in [6.45, 7) is 6.79. The van der Waals surface area contributed by atoms with Crippen molar-refractivity contribution in [1.29, 1.82) is 0 Å². The van der Waals surface area contributed by atoms with Gasteiger partial charge < -0.3 is 10.6 Å². The maximum absolute atomic E-state index is 3.81. The number of hydrogen-bond donors (Lipinski definition) is 2. The normalized spacial score (nSPS) is 14.6. The van der Waals surface area contributed by atoms with E-state index < -0.39 is 0 Å². The Morgan fingerprint density at radius 2 is 2.25 bits per heavy atom. The quantitative estimate of drug-likeness (QED) is 0.606. The van der Waals surface area contributed by atoms with E-state index in [1.54, 1.807) is 0 Å². The second-order valence-electron chi connectivity index (χ2n) is 3.12. The number of fused-ring (bicyclic) bond motifs is 1. The molecule has 1 aliphatic heterocycles. The standard InChI is InChI=1S/C10H12N2/c1-7-3-4-10-9(5-7)6-11-8(2)12-10/h3-5,11-12H,2,6H2,1H3. The minimum Gasteiger partial charge on any atom is -0.368 e. The van der Waals surface area contributed by atoms with Crippen molar-refractivity contribution in [2.45, 2.75) is 13.5 Å². The predicted octanol–water partition coefficient (Wildman–Crippen LogP) is 1.98. The number of anilines is 1. The van der Waals surface area contributed by atoms with E-state index in [1.807, 2.05) is 0 Å². The topological polar surface area (TPSA) is 24.1 Å². The summed E-state index contributed by atoms with van der Waals surface area (Å²) in [6.07, 6.45) is 0. The monoisotopic (exact) mass is 160 g/mol. The van der Waals surface area contributed by atoms with Crippen LogP contribution in [0.5, 0.6) is 0 Å². The molecule has 62 valence electrons. The maximum Gasteiger partial charge on any atom is 0.0959 e. The molecule has 1 aliphatic rings. The van der Waals surface area contributed by atoms with E-state index in [1.165, 1.54) is 16.8 Å². The Balaban J connectivity index is 2.43. The van der Waals surface area contributed by atoms with Crippen molar-refractivity contribution in [2.24, 2.45) is 0 Å². The SMILES string of the molecule is C=C1NCc2cc(C)ccc2N1. The molecule has 1 heterocycles.